The molecule has 1 aliphatic rings. The van der Waals surface area contributed by atoms with Crippen molar-refractivity contribution in [2.45, 2.75) is 38.2 Å². The molecule has 0 aliphatic carbocycles. The summed E-state index contributed by atoms with van der Waals surface area (Å²) < 4.78 is 16.6. The van der Waals surface area contributed by atoms with Crippen LogP contribution >= 0.6 is 11.6 Å². The molecule has 2 heterocycles. The standard InChI is InChI=1S/C19H20ClN3O9/c1-10-8-22(18(26)21-17(10)25)16-7-14(24)15(32-16)9-31-19(27)30-5-4-11-2-3-12(20)6-13(11)23(28)29/h2-3,6,8,14-16,24H,4-5,7,9H2,1H3,(H,21,25,26)/t14-,15+,16+/m0/s1. The number of carbonyl (C=O) groups excluding carboxylic acids is 1. The summed E-state index contributed by atoms with van der Waals surface area (Å²) in [5.41, 5.74) is -0.750. The van der Waals surface area contributed by atoms with Crippen molar-refractivity contribution in [3.05, 3.63) is 71.5 Å². The highest BCUT2D eigenvalue weighted by Gasteiger charge is 2.36. The molecule has 2 N–H and O–H groups in total. The number of nitrogens with zero attached hydrogens (tertiary/aromatic N) is 2. The minimum Gasteiger partial charge on any atom is -0.434 e. The number of carbonyl (C=O) groups is 1. The van der Waals surface area contributed by atoms with Crippen molar-refractivity contribution in [3.63, 3.8) is 0 Å². The first kappa shape index (κ1) is 23.4. The molecule has 0 amide bonds. The summed E-state index contributed by atoms with van der Waals surface area (Å²) in [5.74, 6) is 0. The van der Waals surface area contributed by atoms with Gasteiger partial charge in [0.2, 0.25) is 0 Å². The normalized spacial score (nSPS) is 20.2. The summed E-state index contributed by atoms with van der Waals surface area (Å²) in [5, 5.41) is 21.4. The second-order valence-electron chi connectivity index (χ2n) is 7.10. The molecule has 0 radical (unpaired) electrons. The first-order valence-corrected chi connectivity index (χ1v) is 9.91. The number of aryl methyl sites for hydroxylation is 1. The van der Waals surface area contributed by atoms with Crippen LogP contribution < -0.4 is 11.2 Å². The van der Waals surface area contributed by atoms with Gasteiger partial charge in [0.25, 0.3) is 11.2 Å². The third kappa shape index (κ3) is 5.52. The minimum absolute atomic E-state index is 0.0503. The van der Waals surface area contributed by atoms with E-state index < -0.39 is 40.8 Å². The van der Waals surface area contributed by atoms with E-state index in [1.807, 2.05) is 0 Å². The van der Waals surface area contributed by atoms with Gasteiger partial charge in [0.05, 0.1) is 17.6 Å². The summed E-state index contributed by atoms with van der Waals surface area (Å²) >= 11 is 5.76. The fraction of sp³-hybridized carbons (Fsp3) is 0.421. The van der Waals surface area contributed by atoms with Crippen LogP contribution in [0.2, 0.25) is 5.02 Å². The third-order valence-corrected chi connectivity index (χ3v) is 5.10. The van der Waals surface area contributed by atoms with Gasteiger partial charge in [-0.25, -0.2) is 9.59 Å². The van der Waals surface area contributed by atoms with Gasteiger partial charge in [-0.15, -0.1) is 0 Å². The van der Waals surface area contributed by atoms with Crippen LogP contribution in [0.25, 0.3) is 0 Å². The Balaban J connectivity index is 1.49. The van der Waals surface area contributed by atoms with Crippen LogP contribution in [0, 0.1) is 17.0 Å². The van der Waals surface area contributed by atoms with E-state index in [2.05, 4.69) is 4.98 Å². The highest BCUT2D eigenvalue weighted by molar-refractivity contribution is 6.30. The number of hydrogen-bond acceptors (Lipinski definition) is 9. The Bertz CT molecular complexity index is 1130. The molecule has 1 fully saturated rings. The predicted octanol–water partition coefficient (Wildman–Crippen LogP) is 1.45. The van der Waals surface area contributed by atoms with Crippen molar-refractivity contribution >= 4 is 23.4 Å². The number of nitrogens with one attached hydrogen (secondary N) is 1. The van der Waals surface area contributed by atoms with Crippen molar-refractivity contribution in [3.8, 4) is 0 Å². The van der Waals surface area contributed by atoms with E-state index in [-0.39, 0.29) is 36.8 Å². The number of ether oxygens (including phenoxy) is 3. The van der Waals surface area contributed by atoms with Crippen molar-refractivity contribution in [1.29, 1.82) is 0 Å². The first-order chi connectivity index (χ1) is 15.2. The summed E-state index contributed by atoms with van der Waals surface area (Å²) in [6.07, 6.45) is -2.38. The van der Waals surface area contributed by atoms with Crippen LogP contribution in [0.1, 0.15) is 23.8 Å². The molecule has 12 nitrogen and oxygen atoms in total. The molecule has 3 rings (SSSR count). The van der Waals surface area contributed by atoms with Crippen LogP contribution in [0.15, 0.2) is 34.0 Å². The molecular weight excluding hydrogens is 450 g/mol. The second kappa shape index (κ2) is 9.94. The maximum absolute atomic E-state index is 12.0. The Hall–Kier alpha value is -3.22. The lowest BCUT2D eigenvalue weighted by molar-refractivity contribution is -0.385. The molecule has 32 heavy (non-hydrogen) atoms. The van der Waals surface area contributed by atoms with Crippen LogP contribution in [0.3, 0.4) is 0 Å². The molecule has 0 saturated carbocycles. The second-order valence-corrected chi connectivity index (χ2v) is 7.54. The highest BCUT2D eigenvalue weighted by atomic mass is 35.5. The maximum atomic E-state index is 12.0. The van der Waals surface area contributed by atoms with Gasteiger partial charge in [-0.3, -0.25) is 24.5 Å². The molecule has 13 heteroatoms. The number of benzene rings is 1. The lowest BCUT2D eigenvalue weighted by Crippen LogP contribution is -2.33. The Morgan fingerprint density at radius 3 is 2.88 bits per heavy atom. The Kier molecular flexibility index (Phi) is 7.28. The van der Waals surface area contributed by atoms with Crippen LogP contribution in [-0.2, 0) is 20.6 Å². The summed E-state index contributed by atoms with van der Waals surface area (Å²) in [6.45, 7) is 1.01. The molecule has 0 bridgehead atoms. The molecule has 1 aromatic heterocycles. The zero-order valence-corrected chi connectivity index (χ0v) is 17.6. The maximum Gasteiger partial charge on any atom is 0.508 e. The van der Waals surface area contributed by atoms with Gasteiger partial charge in [-0.05, 0) is 13.0 Å². The van der Waals surface area contributed by atoms with E-state index in [9.17, 15) is 29.6 Å². The van der Waals surface area contributed by atoms with Crippen LogP contribution in [-0.4, -0.2) is 51.2 Å². The molecule has 1 saturated heterocycles. The van der Waals surface area contributed by atoms with Crippen LogP contribution in [0.5, 0.6) is 0 Å². The molecule has 1 aromatic carbocycles. The number of aromatic nitrogens is 2. The number of hydrogen-bond donors (Lipinski definition) is 2. The minimum atomic E-state index is -1.04. The zero-order valence-electron chi connectivity index (χ0n) is 16.9. The fourth-order valence-electron chi connectivity index (χ4n) is 3.19. The van der Waals surface area contributed by atoms with E-state index in [1.54, 1.807) is 0 Å². The van der Waals surface area contributed by atoms with Gasteiger partial charge in [-0.1, -0.05) is 17.7 Å². The van der Waals surface area contributed by atoms with E-state index >= 15 is 0 Å². The van der Waals surface area contributed by atoms with Crippen molar-refractivity contribution in [2.24, 2.45) is 0 Å². The number of nitro groups is 1. The lowest BCUT2D eigenvalue weighted by Gasteiger charge is -2.16. The number of rotatable bonds is 7. The first-order valence-electron chi connectivity index (χ1n) is 9.53. The Morgan fingerprint density at radius 1 is 1.41 bits per heavy atom. The molecule has 172 valence electrons. The van der Waals surface area contributed by atoms with Crippen molar-refractivity contribution < 1.29 is 29.0 Å². The van der Waals surface area contributed by atoms with E-state index in [0.29, 0.717) is 11.1 Å². The van der Waals surface area contributed by atoms with Crippen molar-refractivity contribution in [2.75, 3.05) is 13.2 Å². The average molecular weight is 470 g/mol. The molecule has 1 aliphatic heterocycles. The van der Waals surface area contributed by atoms with Crippen molar-refractivity contribution in [1.82, 2.24) is 9.55 Å². The number of aliphatic hydroxyl groups excluding tert-OH is 1. The molecule has 2 aromatic rings. The number of aromatic amines is 1. The fourth-order valence-corrected chi connectivity index (χ4v) is 3.36. The zero-order chi connectivity index (χ0) is 23.4. The molecule has 0 unspecified atom stereocenters. The highest BCUT2D eigenvalue weighted by Crippen LogP contribution is 2.28. The van der Waals surface area contributed by atoms with Crippen LogP contribution in [0.4, 0.5) is 10.5 Å². The number of aliphatic hydroxyl groups is 1. The SMILES string of the molecule is Cc1cn([C@H]2C[C@H](O)[C@@H](COC(=O)OCCc3ccc(Cl)cc3[N+](=O)[O-])O2)c(=O)[nH]c1=O. The number of halogens is 1. The molecular formula is C19H20ClN3O9. The number of nitro benzene ring substituents is 1. The van der Waals surface area contributed by atoms with Gasteiger partial charge < -0.3 is 19.3 Å². The largest absolute Gasteiger partial charge is 0.508 e. The van der Waals surface area contributed by atoms with Gasteiger partial charge in [0, 0.05) is 41.3 Å². The van der Waals surface area contributed by atoms with E-state index in [0.717, 1.165) is 4.57 Å². The Labute approximate surface area is 185 Å². The monoisotopic (exact) mass is 469 g/mol. The number of H-pyrrole nitrogens is 1. The van der Waals surface area contributed by atoms with Gasteiger partial charge in [-0.2, -0.15) is 0 Å². The summed E-state index contributed by atoms with van der Waals surface area (Å²) in [7, 11) is 0. The summed E-state index contributed by atoms with van der Waals surface area (Å²) in [6, 6.07) is 4.17. The smallest absolute Gasteiger partial charge is 0.434 e. The van der Waals surface area contributed by atoms with Gasteiger partial charge in [0.15, 0.2) is 0 Å². The van der Waals surface area contributed by atoms with E-state index in [1.165, 1.54) is 31.3 Å². The lowest BCUT2D eigenvalue weighted by atomic mass is 10.1. The quantitative estimate of drug-likeness (QED) is 0.347. The summed E-state index contributed by atoms with van der Waals surface area (Å²) in [4.78, 5) is 47.9. The topological polar surface area (TPSA) is 163 Å². The third-order valence-electron chi connectivity index (χ3n) is 4.86. The molecule has 0 spiro atoms. The predicted molar refractivity (Wildman–Crippen MR) is 110 cm³/mol. The Morgan fingerprint density at radius 2 is 2.16 bits per heavy atom. The molecule has 3 atom stereocenters. The van der Waals surface area contributed by atoms with E-state index in [4.69, 9.17) is 25.8 Å². The van der Waals surface area contributed by atoms with Gasteiger partial charge >= 0.3 is 11.8 Å². The van der Waals surface area contributed by atoms with Gasteiger partial charge in [0.1, 0.15) is 18.9 Å². The average Bonchev–Trinajstić information content (AvgIpc) is 3.10.